The summed E-state index contributed by atoms with van der Waals surface area (Å²) >= 11 is 0. The van der Waals surface area contributed by atoms with Crippen LogP contribution in [-0.2, 0) is 0 Å². The number of methoxy groups -OCH3 is 1. The summed E-state index contributed by atoms with van der Waals surface area (Å²) in [5.74, 6) is 2.33. The maximum absolute atomic E-state index is 6.29. The highest BCUT2D eigenvalue weighted by atomic mass is 16.5. The van der Waals surface area contributed by atoms with E-state index in [1.807, 2.05) is 0 Å². The van der Waals surface area contributed by atoms with Gasteiger partial charge in [-0.1, -0.05) is 32.9 Å². The Morgan fingerprint density at radius 1 is 1.17 bits per heavy atom. The SMILES string of the molecule is COc1cc(C(N)CC(C)CC(C)C)ccc1C. The summed E-state index contributed by atoms with van der Waals surface area (Å²) in [6, 6.07) is 6.38. The second kappa shape index (κ2) is 6.79. The molecule has 0 saturated heterocycles. The zero-order valence-electron chi connectivity index (χ0n) is 12.4. The molecule has 0 aliphatic carbocycles. The molecule has 2 N–H and O–H groups in total. The lowest BCUT2D eigenvalue weighted by Crippen LogP contribution is -2.15. The molecule has 0 radical (unpaired) electrons. The van der Waals surface area contributed by atoms with Gasteiger partial charge in [0.05, 0.1) is 7.11 Å². The minimum atomic E-state index is 0.105. The highest BCUT2D eigenvalue weighted by molar-refractivity contribution is 5.37. The third-order valence-electron chi connectivity index (χ3n) is 3.39. The molecule has 0 spiro atoms. The van der Waals surface area contributed by atoms with Crippen LogP contribution in [0.5, 0.6) is 5.75 Å². The Bertz CT molecular complexity index is 373. The smallest absolute Gasteiger partial charge is 0.122 e. The largest absolute Gasteiger partial charge is 0.496 e. The average molecular weight is 249 g/mol. The lowest BCUT2D eigenvalue weighted by atomic mass is 9.90. The van der Waals surface area contributed by atoms with Crippen molar-refractivity contribution in [3.05, 3.63) is 29.3 Å². The van der Waals surface area contributed by atoms with Gasteiger partial charge >= 0.3 is 0 Å². The third kappa shape index (κ3) is 4.34. The zero-order valence-corrected chi connectivity index (χ0v) is 12.4. The number of nitrogens with two attached hydrogens (primary N) is 1. The van der Waals surface area contributed by atoms with E-state index in [4.69, 9.17) is 10.5 Å². The van der Waals surface area contributed by atoms with Crippen LogP contribution in [0.4, 0.5) is 0 Å². The van der Waals surface area contributed by atoms with Gasteiger partial charge in [-0.25, -0.2) is 0 Å². The van der Waals surface area contributed by atoms with Crippen LogP contribution in [0.1, 0.15) is 50.8 Å². The van der Waals surface area contributed by atoms with Gasteiger partial charge in [-0.05, 0) is 48.8 Å². The number of hydrogen-bond acceptors (Lipinski definition) is 2. The van der Waals surface area contributed by atoms with Gasteiger partial charge in [-0.3, -0.25) is 0 Å². The van der Waals surface area contributed by atoms with Crippen LogP contribution in [-0.4, -0.2) is 7.11 Å². The summed E-state index contributed by atoms with van der Waals surface area (Å²) in [5.41, 5.74) is 8.62. The van der Waals surface area contributed by atoms with Gasteiger partial charge in [-0.15, -0.1) is 0 Å². The average Bonchev–Trinajstić information content (AvgIpc) is 2.28. The second-order valence-corrected chi connectivity index (χ2v) is 5.81. The predicted molar refractivity (Wildman–Crippen MR) is 77.9 cm³/mol. The number of ether oxygens (including phenoxy) is 1. The fourth-order valence-corrected chi connectivity index (χ4v) is 2.54. The van der Waals surface area contributed by atoms with Gasteiger partial charge in [-0.2, -0.15) is 0 Å². The Kier molecular flexibility index (Phi) is 5.67. The van der Waals surface area contributed by atoms with E-state index < -0.39 is 0 Å². The van der Waals surface area contributed by atoms with E-state index in [9.17, 15) is 0 Å². The monoisotopic (exact) mass is 249 g/mol. The minimum Gasteiger partial charge on any atom is -0.496 e. The fourth-order valence-electron chi connectivity index (χ4n) is 2.54. The molecule has 102 valence electrons. The molecule has 2 unspecified atom stereocenters. The third-order valence-corrected chi connectivity index (χ3v) is 3.39. The van der Waals surface area contributed by atoms with Crippen molar-refractivity contribution < 1.29 is 4.74 Å². The van der Waals surface area contributed by atoms with Gasteiger partial charge in [0.1, 0.15) is 5.75 Å². The molecule has 2 atom stereocenters. The lowest BCUT2D eigenvalue weighted by molar-refractivity contribution is 0.385. The molecule has 0 aromatic heterocycles. The van der Waals surface area contributed by atoms with E-state index in [1.54, 1.807) is 7.11 Å². The van der Waals surface area contributed by atoms with Crippen molar-refractivity contribution in [2.24, 2.45) is 17.6 Å². The molecule has 0 fully saturated rings. The molecular weight excluding hydrogens is 222 g/mol. The topological polar surface area (TPSA) is 35.2 Å². The Hall–Kier alpha value is -1.02. The maximum atomic E-state index is 6.29. The Morgan fingerprint density at radius 3 is 2.39 bits per heavy atom. The molecule has 0 aliphatic rings. The lowest BCUT2D eigenvalue weighted by Gasteiger charge is -2.20. The van der Waals surface area contributed by atoms with Crippen molar-refractivity contribution in [3.63, 3.8) is 0 Å². The Morgan fingerprint density at radius 2 is 1.83 bits per heavy atom. The van der Waals surface area contributed by atoms with E-state index >= 15 is 0 Å². The summed E-state index contributed by atoms with van der Waals surface area (Å²) in [6.45, 7) is 8.86. The molecule has 2 heteroatoms. The molecule has 0 saturated carbocycles. The predicted octanol–water partition coefficient (Wildman–Crippen LogP) is 4.08. The van der Waals surface area contributed by atoms with Gasteiger partial charge in [0.15, 0.2) is 0 Å². The molecule has 0 amide bonds. The normalized spacial score (nSPS) is 14.6. The van der Waals surface area contributed by atoms with Crippen molar-refractivity contribution in [3.8, 4) is 5.75 Å². The van der Waals surface area contributed by atoms with E-state index in [1.165, 1.54) is 12.0 Å². The quantitative estimate of drug-likeness (QED) is 0.824. The first-order chi connectivity index (χ1) is 8.43. The van der Waals surface area contributed by atoms with Crippen molar-refractivity contribution in [2.75, 3.05) is 7.11 Å². The zero-order chi connectivity index (χ0) is 13.7. The minimum absolute atomic E-state index is 0.105. The highest BCUT2D eigenvalue weighted by Gasteiger charge is 2.13. The first-order valence-corrected chi connectivity index (χ1v) is 6.84. The van der Waals surface area contributed by atoms with Gasteiger partial charge in [0.2, 0.25) is 0 Å². The molecule has 1 aromatic carbocycles. The summed E-state index contributed by atoms with van der Waals surface area (Å²) in [5, 5.41) is 0. The summed E-state index contributed by atoms with van der Waals surface area (Å²) in [4.78, 5) is 0. The number of aryl methyl sites for hydroxylation is 1. The van der Waals surface area contributed by atoms with Crippen LogP contribution < -0.4 is 10.5 Å². The summed E-state index contributed by atoms with van der Waals surface area (Å²) in [6.07, 6.45) is 2.26. The fraction of sp³-hybridized carbons (Fsp3) is 0.625. The maximum Gasteiger partial charge on any atom is 0.122 e. The molecule has 1 rings (SSSR count). The Balaban J connectivity index is 2.69. The summed E-state index contributed by atoms with van der Waals surface area (Å²) < 4.78 is 5.35. The van der Waals surface area contributed by atoms with Crippen molar-refractivity contribution in [1.29, 1.82) is 0 Å². The van der Waals surface area contributed by atoms with Crippen LogP contribution in [0.25, 0.3) is 0 Å². The first kappa shape index (κ1) is 15.0. The van der Waals surface area contributed by atoms with Crippen molar-refractivity contribution in [2.45, 2.75) is 46.6 Å². The van der Waals surface area contributed by atoms with Gasteiger partial charge in [0.25, 0.3) is 0 Å². The van der Waals surface area contributed by atoms with E-state index in [0.29, 0.717) is 5.92 Å². The molecule has 0 heterocycles. The Labute approximate surface area is 112 Å². The van der Waals surface area contributed by atoms with E-state index in [-0.39, 0.29) is 6.04 Å². The molecule has 0 aliphatic heterocycles. The number of hydrogen-bond donors (Lipinski definition) is 1. The molecular formula is C16H27NO. The van der Waals surface area contributed by atoms with Crippen LogP contribution in [0.3, 0.4) is 0 Å². The van der Waals surface area contributed by atoms with E-state index in [2.05, 4.69) is 45.9 Å². The second-order valence-electron chi connectivity index (χ2n) is 5.81. The molecule has 0 bridgehead atoms. The molecule has 2 nitrogen and oxygen atoms in total. The van der Waals surface area contributed by atoms with Gasteiger partial charge in [0, 0.05) is 6.04 Å². The molecule has 18 heavy (non-hydrogen) atoms. The number of benzene rings is 1. The number of rotatable bonds is 6. The van der Waals surface area contributed by atoms with E-state index in [0.717, 1.165) is 23.7 Å². The summed E-state index contributed by atoms with van der Waals surface area (Å²) in [7, 11) is 1.71. The molecule has 1 aromatic rings. The first-order valence-electron chi connectivity index (χ1n) is 6.84. The van der Waals surface area contributed by atoms with Crippen molar-refractivity contribution in [1.82, 2.24) is 0 Å². The van der Waals surface area contributed by atoms with Crippen LogP contribution in [0.2, 0.25) is 0 Å². The van der Waals surface area contributed by atoms with Crippen LogP contribution >= 0.6 is 0 Å². The highest BCUT2D eigenvalue weighted by Crippen LogP contribution is 2.27. The standard InChI is InChI=1S/C16H27NO/c1-11(2)8-12(3)9-15(17)14-7-6-13(4)16(10-14)18-5/h6-7,10-12,15H,8-9,17H2,1-5H3. The van der Waals surface area contributed by atoms with Gasteiger partial charge < -0.3 is 10.5 Å². The van der Waals surface area contributed by atoms with Crippen LogP contribution in [0.15, 0.2) is 18.2 Å². The van der Waals surface area contributed by atoms with Crippen molar-refractivity contribution >= 4 is 0 Å². The van der Waals surface area contributed by atoms with Crippen LogP contribution in [0, 0.1) is 18.8 Å².